The van der Waals surface area contributed by atoms with Gasteiger partial charge in [0.2, 0.25) is 10.0 Å². The summed E-state index contributed by atoms with van der Waals surface area (Å²) < 4.78 is 26.6. The Labute approximate surface area is 122 Å². The van der Waals surface area contributed by atoms with Crippen LogP contribution in [0.15, 0.2) is 40.2 Å². The van der Waals surface area contributed by atoms with E-state index in [4.69, 9.17) is 11.6 Å². The van der Waals surface area contributed by atoms with E-state index in [1.807, 2.05) is 0 Å². The van der Waals surface area contributed by atoms with Gasteiger partial charge in [0.05, 0.1) is 5.02 Å². The zero-order chi connectivity index (χ0) is 13.8. The van der Waals surface area contributed by atoms with Gasteiger partial charge in [0.1, 0.15) is 4.90 Å². The fourth-order valence-electron chi connectivity index (χ4n) is 1.43. The smallest absolute Gasteiger partial charge is 0.207 e. The Bertz CT molecular complexity index is 531. The van der Waals surface area contributed by atoms with Gasteiger partial charge in [-0.3, -0.25) is 0 Å². The van der Waals surface area contributed by atoms with Crippen molar-refractivity contribution in [3.05, 3.63) is 40.3 Å². The van der Waals surface area contributed by atoms with E-state index in [-0.39, 0.29) is 9.92 Å². The summed E-state index contributed by atoms with van der Waals surface area (Å²) in [5, 5.41) is 0.222. The van der Waals surface area contributed by atoms with Crippen LogP contribution in [0.2, 0.25) is 5.02 Å². The molecule has 1 rings (SSSR count). The number of sulfonamides is 1. The van der Waals surface area contributed by atoms with E-state index in [2.05, 4.69) is 22.5 Å². The fourth-order valence-corrected chi connectivity index (χ4v) is 3.65. The van der Waals surface area contributed by atoms with Crippen molar-refractivity contribution in [1.29, 1.82) is 0 Å². The molecule has 0 atom stereocenters. The van der Waals surface area contributed by atoms with Crippen molar-refractivity contribution < 1.29 is 8.42 Å². The maximum atomic E-state index is 12.3. The number of allylic oxidation sites excluding steroid dienone is 1. The first-order valence-corrected chi connectivity index (χ1v) is 8.03. The normalized spacial score (nSPS) is 11.8. The molecule has 0 saturated carbocycles. The Balaban J connectivity index is 2.94. The molecule has 0 saturated heterocycles. The van der Waals surface area contributed by atoms with Crippen LogP contribution in [0.5, 0.6) is 0 Å². The lowest BCUT2D eigenvalue weighted by atomic mass is 10.3. The van der Waals surface area contributed by atoms with Gasteiger partial charge < -0.3 is 0 Å². The minimum absolute atomic E-state index is 0.133. The number of nitrogens with zero attached hydrogens (tertiary/aromatic N) is 1. The second-order valence-corrected chi connectivity index (χ2v) is 7.17. The average Bonchev–Trinajstić information content (AvgIpc) is 2.28. The lowest BCUT2D eigenvalue weighted by molar-refractivity contribution is 0.463. The summed E-state index contributed by atoms with van der Waals surface area (Å²) in [6.45, 7) is 4.05. The van der Waals surface area contributed by atoms with Crippen LogP contribution < -0.4 is 0 Å². The fraction of sp³-hybridized carbons (Fsp3) is 0.333. The van der Waals surface area contributed by atoms with Gasteiger partial charge in [0.25, 0.3) is 0 Å². The molecule has 0 radical (unpaired) electrons. The Morgan fingerprint density at radius 1 is 1.50 bits per heavy atom. The van der Waals surface area contributed by atoms with Gasteiger partial charge in [-0.05, 0) is 31.0 Å². The van der Waals surface area contributed by atoms with E-state index < -0.39 is 10.0 Å². The van der Waals surface area contributed by atoms with Gasteiger partial charge in [-0.2, -0.15) is 0 Å². The predicted molar refractivity (Wildman–Crippen MR) is 78.4 cm³/mol. The van der Waals surface area contributed by atoms with Crippen LogP contribution in [0, 0.1) is 0 Å². The molecule has 0 aliphatic carbocycles. The SMILES string of the molecule is C=CCCCN(C)S(=O)(=O)c1ccc(Br)cc1Cl. The Kier molecular flexibility index (Phi) is 5.85. The highest BCUT2D eigenvalue weighted by atomic mass is 79.9. The van der Waals surface area contributed by atoms with E-state index in [0.29, 0.717) is 6.54 Å². The maximum Gasteiger partial charge on any atom is 0.244 e. The van der Waals surface area contributed by atoms with E-state index in [1.165, 1.54) is 10.4 Å². The number of benzene rings is 1. The van der Waals surface area contributed by atoms with Gasteiger partial charge in [-0.25, -0.2) is 12.7 Å². The summed E-state index contributed by atoms with van der Waals surface area (Å²) in [5.41, 5.74) is 0. The molecule has 6 heteroatoms. The summed E-state index contributed by atoms with van der Waals surface area (Å²) in [4.78, 5) is 0.133. The first kappa shape index (κ1) is 15.7. The predicted octanol–water partition coefficient (Wildman–Crippen LogP) is 3.69. The van der Waals surface area contributed by atoms with Crippen molar-refractivity contribution in [2.24, 2.45) is 0 Å². The molecule has 100 valence electrons. The van der Waals surface area contributed by atoms with Crippen molar-refractivity contribution in [1.82, 2.24) is 4.31 Å². The molecular weight excluding hydrogens is 338 g/mol. The van der Waals surface area contributed by atoms with E-state index in [9.17, 15) is 8.42 Å². The van der Waals surface area contributed by atoms with E-state index in [0.717, 1.165) is 17.3 Å². The van der Waals surface area contributed by atoms with Gasteiger partial charge in [-0.1, -0.05) is 33.6 Å². The highest BCUT2D eigenvalue weighted by Crippen LogP contribution is 2.27. The molecule has 0 spiro atoms. The number of halogens is 2. The zero-order valence-electron chi connectivity index (χ0n) is 10.1. The van der Waals surface area contributed by atoms with Gasteiger partial charge in [-0.15, -0.1) is 6.58 Å². The van der Waals surface area contributed by atoms with Crippen molar-refractivity contribution in [2.75, 3.05) is 13.6 Å². The second-order valence-electron chi connectivity index (χ2n) is 3.83. The van der Waals surface area contributed by atoms with Crippen LogP contribution in [0.1, 0.15) is 12.8 Å². The molecule has 0 aliphatic rings. The third-order valence-electron chi connectivity index (χ3n) is 2.46. The maximum absolute atomic E-state index is 12.3. The molecule has 0 bridgehead atoms. The first-order valence-electron chi connectivity index (χ1n) is 5.42. The minimum atomic E-state index is -3.52. The third kappa shape index (κ3) is 3.82. The topological polar surface area (TPSA) is 37.4 Å². The van der Waals surface area contributed by atoms with Crippen LogP contribution in [-0.4, -0.2) is 26.3 Å². The molecule has 1 aromatic rings. The molecule has 1 aromatic carbocycles. The summed E-state index contributed by atoms with van der Waals surface area (Å²) >= 11 is 9.21. The Morgan fingerprint density at radius 2 is 2.17 bits per heavy atom. The van der Waals surface area contributed by atoms with Crippen LogP contribution >= 0.6 is 27.5 Å². The lowest BCUT2D eigenvalue weighted by Gasteiger charge is -2.17. The molecule has 0 amide bonds. The summed E-state index contributed by atoms with van der Waals surface area (Å²) in [7, 11) is -1.97. The molecule has 0 heterocycles. The quantitative estimate of drug-likeness (QED) is 0.578. The van der Waals surface area contributed by atoms with Crippen LogP contribution in [0.25, 0.3) is 0 Å². The van der Waals surface area contributed by atoms with Crippen molar-refractivity contribution >= 4 is 37.6 Å². The molecule has 18 heavy (non-hydrogen) atoms. The van der Waals surface area contributed by atoms with Crippen molar-refractivity contribution in [2.45, 2.75) is 17.7 Å². The summed E-state index contributed by atoms with van der Waals surface area (Å²) in [5.74, 6) is 0. The molecule has 0 aromatic heterocycles. The zero-order valence-corrected chi connectivity index (χ0v) is 13.2. The van der Waals surface area contributed by atoms with Crippen molar-refractivity contribution in [3.63, 3.8) is 0 Å². The standard InChI is InChI=1S/C12H15BrClNO2S/c1-3-4-5-8-15(2)18(16,17)12-7-6-10(13)9-11(12)14/h3,6-7,9H,1,4-5,8H2,2H3. The molecule has 0 N–H and O–H groups in total. The lowest BCUT2D eigenvalue weighted by Crippen LogP contribution is -2.28. The number of hydrogen-bond donors (Lipinski definition) is 0. The Hall–Kier alpha value is -0.360. The van der Waals surface area contributed by atoms with Crippen LogP contribution in [-0.2, 0) is 10.0 Å². The first-order chi connectivity index (χ1) is 8.39. The van der Waals surface area contributed by atoms with Crippen LogP contribution in [0.4, 0.5) is 0 Å². The number of unbranched alkanes of at least 4 members (excludes halogenated alkanes) is 1. The van der Waals surface area contributed by atoms with E-state index >= 15 is 0 Å². The van der Waals surface area contributed by atoms with Crippen molar-refractivity contribution in [3.8, 4) is 0 Å². The summed E-state index contributed by atoms with van der Waals surface area (Å²) in [6, 6.07) is 4.74. The van der Waals surface area contributed by atoms with Crippen LogP contribution in [0.3, 0.4) is 0 Å². The van der Waals surface area contributed by atoms with Gasteiger partial charge in [0, 0.05) is 18.1 Å². The molecule has 0 aliphatic heterocycles. The molecule has 3 nitrogen and oxygen atoms in total. The Morgan fingerprint density at radius 3 is 2.72 bits per heavy atom. The monoisotopic (exact) mass is 351 g/mol. The second kappa shape index (κ2) is 6.70. The highest BCUT2D eigenvalue weighted by Gasteiger charge is 2.22. The minimum Gasteiger partial charge on any atom is -0.207 e. The third-order valence-corrected chi connectivity index (χ3v) is 5.30. The molecule has 0 fully saturated rings. The van der Waals surface area contributed by atoms with E-state index in [1.54, 1.807) is 25.3 Å². The average molecular weight is 353 g/mol. The summed E-state index contributed by atoms with van der Waals surface area (Å²) in [6.07, 6.45) is 3.30. The number of hydrogen-bond acceptors (Lipinski definition) is 2. The highest BCUT2D eigenvalue weighted by molar-refractivity contribution is 9.10. The molecule has 0 unspecified atom stereocenters. The number of rotatable bonds is 6. The van der Waals surface area contributed by atoms with Gasteiger partial charge in [0.15, 0.2) is 0 Å². The largest absolute Gasteiger partial charge is 0.244 e. The van der Waals surface area contributed by atoms with Gasteiger partial charge >= 0.3 is 0 Å². The molecular formula is C12H15BrClNO2S.